The van der Waals surface area contributed by atoms with Crippen LogP contribution in [0.3, 0.4) is 0 Å². The number of aromatic nitrogens is 4. The fourth-order valence-electron chi connectivity index (χ4n) is 9.01. The molecule has 0 bridgehead atoms. The molecule has 12 rings (SSSR count). The molecule has 0 unspecified atom stereocenters. The Morgan fingerprint density at radius 1 is 0.357 bits per heavy atom. The standard InChI is InChI=1S/C52H32N4/c1-2-16-35-32-49-43(31-34(35)15-1)50-47(28-13-29-48(50)56-45-26-9-6-21-39(45)40-22-7-10-27-46(40)56)55(49)37-19-11-18-36(30-37)51-42-23-5-8-25-44(42)53-52(54-51)41-24-12-17-33-14-3-4-20-38(33)41/h1-32H. The van der Waals surface area contributed by atoms with E-state index in [1.807, 2.05) is 0 Å². The molecule has 9 aromatic carbocycles. The van der Waals surface area contributed by atoms with Crippen LogP contribution in [-0.2, 0) is 0 Å². The van der Waals surface area contributed by atoms with Crippen molar-refractivity contribution in [3.05, 3.63) is 194 Å². The van der Waals surface area contributed by atoms with E-state index in [1.165, 1.54) is 48.7 Å². The Morgan fingerprint density at radius 2 is 0.964 bits per heavy atom. The third-order valence-corrected chi connectivity index (χ3v) is 11.5. The third-order valence-electron chi connectivity index (χ3n) is 11.5. The summed E-state index contributed by atoms with van der Waals surface area (Å²) in [5.74, 6) is 0.722. The predicted octanol–water partition coefficient (Wildman–Crippen LogP) is 13.5. The maximum absolute atomic E-state index is 5.36. The molecule has 56 heavy (non-hydrogen) atoms. The molecular weight excluding hydrogens is 681 g/mol. The topological polar surface area (TPSA) is 35.6 Å². The Morgan fingerprint density at radius 3 is 1.77 bits per heavy atom. The molecule has 4 heteroatoms. The minimum Gasteiger partial charge on any atom is -0.309 e. The van der Waals surface area contributed by atoms with Crippen LogP contribution < -0.4 is 0 Å². The molecule has 3 aromatic heterocycles. The van der Waals surface area contributed by atoms with Crippen LogP contribution in [0.2, 0.25) is 0 Å². The highest BCUT2D eigenvalue weighted by Crippen LogP contribution is 2.42. The van der Waals surface area contributed by atoms with Gasteiger partial charge in [-0.3, -0.25) is 0 Å². The van der Waals surface area contributed by atoms with Crippen molar-refractivity contribution in [2.75, 3.05) is 0 Å². The van der Waals surface area contributed by atoms with Gasteiger partial charge in [-0.25, -0.2) is 9.97 Å². The lowest BCUT2D eigenvalue weighted by Gasteiger charge is -2.14. The van der Waals surface area contributed by atoms with E-state index in [0.29, 0.717) is 0 Å². The molecule has 0 aliphatic heterocycles. The fourth-order valence-corrected chi connectivity index (χ4v) is 9.01. The number of hydrogen-bond donors (Lipinski definition) is 0. The van der Waals surface area contributed by atoms with Crippen LogP contribution in [0.1, 0.15) is 0 Å². The van der Waals surface area contributed by atoms with Crippen molar-refractivity contribution in [1.82, 2.24) is 19.1 Å². The van der Waals surface area contributed by atoms with Gasteiger partial charge in [0.05, 0.1) is 39.0 Å². The van der Waals surface area contributed by atoms with Gasteiger partial charge in [-0.2, -0.15) is 0 Å². The minimum absolute atomic E-state index is 0.722. The molecule has 0 amide bonds. The highest BCUT2D eigenvalue weighted by atomic mass is 15.0. The average Bonchev–Trinajstić information content (AvgIpc) is 3.77. The second-order valence-corrected chi connectivity index (χ2v) is 14.6. The lowest BCUT2D eigenvalue weighted by molar-refractivity contribution is 1.17. The summed E-state index contributed by atoms with van der Waals surface area (Å²) in [6.45, 7) is 0. The Hall–Kier alpha value is -7.56. The molecule has 0 aliphatic rings. The molecule has 4 nitrogen and oxygen atoms in total. The summed E-state index contributed by atoms with van der Waals surface area (Å²) in [6, 6.07) is 69.7. The maximum atomic E-state index is 5.36. The molecule has 0 radical (unpaired) electrons. The number of fused-ring (bicyclic) bond motifs is 9. The van der Waals surface area contributed by atoms with Gasteiger partial charge in [-0.15, -0.1) is 0 Å². The SMILES string of the molecule is c1cc(-c2nc(-c3cccc4ccccc34)nc3ccccc23)cc(-n2c3cc4ccccc4cc3c3c(-n4c5ccccc5c5ccccc54)cccc32)c1. The number of nitrogens with zero attached hydrogens (tertiary/aromatic N) is 4. The highest BCUT2D eigenvalue weighted by Gasteiger charge is 2.21. The summed E-state index contributed by atoms with van der Waals surface area (Å²) in [5, 5.41) is 10.7. The summed E-state index contributed by atoms with van der Waals surface area (Å²) < 4.78 is 4.89. The van der Waals surface area contributed by atoms with Crippen molar-refractivity contribution in [3.63, 3.8) is 0 Å². The zero-order chi connectivity index (χ0) is 36.7. The predicted molar refractivity (Wildman–Crippen MR) is 234 cm³/mol. The molecule has 0 saturated heterocycles. The van der Waals surface area contributed by atoms with Crippen molar-refractivity contribution >= 4 is 76.1 Å². The van der Waals surface area contributed by atoms with E-state index in [1.54, 1.807) is 0 Å². The van der Waals surface area contributed by atoms with Crippen LogP contribution in [0.25, 0.3) is 110 Å². The third kappa shape index (κ3) is 4.53. The molecule has 0 fully saturated rings. The van der Waals surface area contributed by atoms with Crippen LogP contribution in [-0.4, -0.2) is 19.1 Å². The molecule has 0 N–H and O–H groups in total. The van der Waals surface area contributed by atoms with E-state index in [4.69, 9.17) is 9.97 Å². The number of para-hydroxylation sites is 3. The van der Waals surface area contributed by atoms with E-state index in [0.717, 1.165) is 61.3 Å². The zero-order valence-electron chi connectivity index (χ0n) is 30.3. The van der Waals surface area contributed by atoms with E-state index >= 15 is 0 Å². The second-order valence-electron chi connectivity index (χ2n) is 14.6. The van der Waals surface area contributed by atoms with Crippen molar-refractivity contribution in [2.24, 2.45) is 0 Å². The largest absolute Gasteiger partial charge is 0.309 e. The first kappa shape index (κ1) is 30.9. The first-order valence-corrected chi connectivity index (χ1v) is 19.1. The number of benzene rings is 9. The van der Waals surface area contributed by atoms with E-state index in [-0.39, 0.29) is 0 Å². The van der Waals surface area contributed by atoms with Crippen molar-refractivity contribution in [3.8, 4) is 34.0 Å². The molecule has 0 atom stereocenters. The van der Waals surface area contributed by atoms with Crippen LogP contribution in [0.4, 0.5) is 0 Å². The first-order valence-electron chi connectivity index (χ1n) is 19.1. The molecule has 0 spiro atoms. The van der Waals surface area contributed by atoms with Gasteiger partial charge in [0.2, 0.25) is 0 Å². The van der Waals surface area contributed by atoms with Gasteiger partial charge in [0.1, 0.15) is 0 Å². The van der Waals surface area contributed by atoms with E-state index in [9.17, 15) is 0 Å². The summed E-state index contributed by atoms with van der Waals surface area (Å²) in [7, 11) is 0. The number of hydrogen-bond acceptors (Lipinski definition) is 2. The van der Waals surface area contributed by atoms with Crippen molar-refractivity contribution in [1.29, 1.82) is 0 Å². The fraction of sp³-hybridized carbons (Fsp3) is 0. The first-order chi connectivity index (χ1) is 27.8. The molecule has 3 heterocycles. The molecule has 0 saturated carbocycles. The Labute approximate surface area is 322 Å². The van der Waals surface area contributed by atoms with Gasteiger partial charge >= 0.3 is 0 Å². The molecular formula is C52H32N4. The van der Waals surface area contributed by atoms with Crippen LogP contribution >= 0.6 is 0 Å². The van der Waals surface area contributed by atoms with E-state index < -0.39 is 0 Å². The van der Waals surface area contributed by atoms with Crippen molar-refractivity contribution in [2.45, 2.75) is 0 Å². The zero-order valence-corrected chi connectivity index (χ0v) is 30.3. The summed E-state index contributed by atoms with van der Waals surface area (Å²) in [4.78, 5) is 10.5. The molecule has 12 aromatic rings. The smallest absolute Gasteiger partial charge is 0.161 e. The van der Waals surface area contributed by atoms with Gasteiger partial charge in [-0.05, 0) is 76.1 Å². The Bertz CT molecular complexity index is 3490. The minimum atomic E-state index is 0.722. The Balaban J connectivity index is 1.14. The highest BCUT2D eigenvalue weighted by molar-refractivity contribution is 6.19. The van der Waals surface area contributed by atoms with Crippen molar-refractivity contribution < 1.29 is 0 Å². The van der Waals surface area contributed by atoms with E-state index in [2.05, 4.69) is 203 Å². The quantitative estimate of drug-likeness (QED) is 0.182. The average molecular weight is 713 g/mol. The molecule has 0 aliphatic carbocycles. The summed E-state index contributed by atoms with van der Waals surface area (Å²) in [5.41, 5.74) is 10.8. The van der Waals surface area contributed by atoms with Crippen LogP contribution in [0, 0.1) is 0 Å². The van der Waals surface area contributed by atoms with Crippen LogP contribution in [0.5, 0.6) is 0 Å². The van der Waals surface area contributed by atoms with Gasteiger partial charge in [0.15, 0.2) is 5.82 Å². The van der Waals surface area contributed by atoms with Gasteiger partial charge < -0.3 is 9.13 Å². The van der Waals surface area contributed by atoms with Crippen LogP contribution in [0.15, 0.2) is 194 Å². The van der Waals surface area contributed by atoms with Gasteiger partial charge in [-0.1, -0.05) is 140 Å². The lowest BCUT2D eigenvalue weighted by atomic mass is 10.0. The summed E-state index contributed by atoms with van der Waals surface area (Å²) >= 11 is 0. The van der Waals surface area contributed by atoms with Gasteiger partial charge in [0, 0.05) is 43.7 Å². The second kappa shape index (κ2) is 12.0. The number of rotatable bonds is 4. The van der Waals surface area contributed by atoms with Gasteiger partial charge in [0.25, 0.3) is 0 Å². The Kier molecular flexibility index (Phi) is 6.60. The molecule has 260 valence electrons. The summed E-state index contributed by atoms with van der Waals surface area (Å²) in [6.07, 6.45) is 0. The monoisotopic (exact) mass is 712 g/mol. The maximum Gasteiger partial charge on any atom is 0.161 e. The normalized spacial score (nSPS) is 11.9. The lowest BCUT2D eigenvalue weighted by Crippen LogP contribution is -1.98.